The predicted octanol–water partition coefficient (Wildman–Crippen LogP) is 3.26. The first-order chi connectivity index (χ1) is 15.7. The molecule has 1 amide bonds. The topological polar surface area (TPSA) is 132 Å². The molecular weight excluding hydrogens is 493 g/mol. The Morgan fingerprint density at radius 2 is 1.60 bits per heavy atom. The van der Waals surface area contributed by atoms with Crippen LogP contribution in [0.15, 0.2) is 24.4 Å². The van der Waals surface area contributed by atoms with Crippen LogP contribution in [0, 0.1) is 0 Å². The number of aromatic nitrogens is 1. The van der Waals surface area contributed by atoms with E-state index in [9.17, 15) is 36.3 Å². The molecule has 1 aromatic rings. The van der Waals surface area contributed by atoms with E-state index < -0.39 is 81.0 Å². The second-order valence-electron chi connectivity index (χ2n) is 10.00. The molecule has 0 fully saturated rings. The van der Waals surface area contributed by atoms with Gasteiger partial charge in [-0.3, -0.25) is 4.98 Å². The molecule has 2 atom stereocenters. The number of rotatable bonds is 9. The van der Waals surface area contributed by atoms with Gasteiger partial charge in [-0.15, -0.1) is 0 Å². The van der Waals surface area contributed by atoms with E-state index in [1.165, 1.54) is 12.1 Å². The fourth-order valence-corrected chi connectivity index (χ4v) is 4.20. The Morgan fingerprint density at radius 1 is 1.03 bits per heavy atom. The summed E-state index contributed by atoms with van der Waals surface area (Å²) in [6, 6.07) is 2.10. The molecule has 0 saturated heterocycles. The van der Waals surface area contributed by atoms with Crippen molar-refractivity contribution in [1.82, 2.24) is 10.3 Å². The molecule has 1 rings (SSSR count). The number of pyridine rings is 1. The van der Waals surface area contributed by atoms with Gasteiger partial charge in [0, 0.05) is 12.6 Å². The first-order valence-corrected chi connectivity index (χ1v) is 12.6. The molecule has 1 unspecified atom stereocenters. The van der Waals surface area contributed by atoms with Crippen molar-refractivity contribution in [1.29, 1.82) is 0 Å². The maximum Gasteiger partial charge on any atom is 0.423 e. The molecule has 0 saturated carbocycles. The zero-order valence-corrected chi connectivity index (χ0v) is 21.4. The van der Waals surface area contributed by atoms with Crippen LogP contribution in [0.1, 0.15) is 60.1 Å². The first-order valence-electron chi connectivity index (χ1n) is 10.8. The summed E-state index contributed by atoms with van der Waals surface area (Å²) in [6.07, 6.45) is -6.81. The monoisotopic (exact) mass is 526 g/mol. The second-order valence-corrected chi connectivity index (χ2v) is 12.3. The number of alkyl carbamates (subject to hydrolysis) is 1. The molecule has 200 valence electrons. The van der Waals surface area contributed by atoms with Gasteiger partial charge in [-0.05, 0) is 60.1 Å². The van der Waals surface area contributed by atoms with Gasteiger partial charge < -0.3 is 19.9 Å². The summed E-state index contributed by atoms with van der Waals surface area (Å²) >= 11 is 0. The third-order valence-corrected chi connectivity index (χ3v) is 6.12. The molecule has 0 aromatic carbocycles. The Labute approximate surface area is 203 Å². The van der Waals surface area contributed by atoms with Crippen molar-refractivity contribution in [3.63, 3.8) is 0 Å². The van der Waals surface area contributed by atoms with E-state index >= 15 is 0 Å². The Kier molecular flexibility index (Phi) is 9.72. The molecule has 0 bridgehead atoms. The van der Waals surface area contributed by atoms with Gasteiger partial charge in [0.2, 0.25) is 5.60 Å². The van der Waals surface area contributed by atoms with Crippen LogP contribution < -0.4 is 5.32 Å². The number of alkyl halides is 3. The van der Waals surface area contributed by atoms with Crippen LogP contribution in [0.4, 0.5) is 18.0 Å². The van der Waals surface area contributed by atoms with Gasteiger partial charge in [0.25, 0.3) is 0 Å². The number of ether oxygens (including phenoxy) is 2. The third-order valence-electron chi connectivity index (χ3n) is 4.43. The van der Waals surface area contributed by atoms with E-state index in [1.54, 1.807) is 41.5 Å². The van der Waals surface area contributed by atoms with Crippen molar-refractivity contribution in [2.45, 2.75) is 83.4 Å². The van der Waals surface area contributed by atoms with Crippen LogP contribution in [-0.2, 0) is 29.7 Å². The fraction of sp³-hybridized carbons (Fsp3) is 0.682. The molecule has 1 aromatic heterocycles. The number of nitrogens with zero attached hydrogens (tertiary/aromatic N) is 1. The van der Waals surface area contributed by atoms with Gasteiger partial charge in [-0.25, -0.2) is 18.0 Å². The molecule has 0 aliphatic rings. The second kappa shape index (κ2) is 11.1. The normalized spacial score (nSPS) is 15.6. The molecule has 13 heteroatoms. The summed E-state index contributed by atoms with van der Waals surface area (Å²) in [7, 11) is -4.21. The van der Waals surface area contributed by atoms with Crippen LogP contribution >= 0.6 is 0 Å². The lowest BCUT2D eigenvalue weighted by Gasteiger charge is -2.30. The summed E-state index contributed by atoms with van der Waals surface area (Å²) in [6.45, 7) is 9.47. The molecule has 0 radical (unpaired) electrons. The fourth-order valence-electron chi connectivity index (χ4n) is 2.80. The van der Waals surface area contributed by atoms with Crippen molar-refractivity contribution < 1.29 is 45.8 Å². The van der Waals surface area contributed by atoms with Gasteiger partial charge in [0.05, 0.1) is 17.2 Å². The van der Waals surface area contributed by atoms with Crippen molar-refractivity contribution >= 4 is 21.9 Å². The number of esters is 1. The number of hydrogen-bond donors (Lipinski definition) is 2. The molecule has 35 heavy (non-hydrogen) atoms. The highest BCUT2D eigenvalue weighted by molar-refractivity contribution is 7.91. The number of halogens is 3. The first kappa shape index (κ1) is 30.6. The predicted molar refractivity (Wildman–Crippen MR) is 121 cm³/mol. The molecule has 2 N–H and O–H groups in total. The van der Waals surface area contributed by atoms with Crippen molar-refractivity contribution in [3.05, 3.63) is 30.1 Å². The molecule has 0 aliphatic heterocycles. The summed E-state index contributed by atoms with van der Waals surface area (Å²) in [4.78, 5) is 28.2. The standard InChI is InChI=1S/C22H33F3N2O7S/c1-19(2,3)33-17(28)15(27-18(29)34-20(4,5)6)10-13-35(31,32)14-11-21(30,22(23,24)25)16-9-7-8-12-26-16/h7-9,12,15,30H,10-11,13-14H2,1-6H3,(H,27,29)/t15-,21?/m0/s1. The van der Waals surface area contributed by atoms with Crippen LogP contribution in [0.2, 0.25) is 0 Å². The number of carbonyl (C=O) groups is 2. The quantitative estimate of drug-likeness (QED) is 0.469. The van der Waals surface area contributed by atoms with Gasteiger partial charge in [-0.1, -0.05) is 6.07 Å². The van der Waals surface area contributed by atoms with Crippen LogP contribution in [-0.4, -0.2) is 65.5 Å². The van der Waals surface area contributed by atoms with Gasteiger partial charge >= 0.3 is 18.2 Å². The number of aliphatic hydroxyl groups is 1. The van der Waals surface area contributed by atoms with E-state index in [1.807, 2.05) is 0 Å². The average molecular weight is 527 g/mol. The zero-order valence-electron chi connectivity index (χ0n) is 20.6. The molecular formula is C22H33F3N2O7S. The van der Waals surface area contributed by atoms with Gasteiger partial charge in [-0.2, -0.15) is 13.2 Å². The number of sulfone groups is 1. The Morgan fingerprint density at radius 3 is 2.06 bits per heavy atom. The largest absolute Gasteiger partial charge is 0.458 e. The zero-order chi connectivity index (χ0) is 27.3. The number of nitrogens with one attached hydrogen (secondary N) is 1. The lowest BCUT2D eigenvalue weighted by molar-refractivity contribution is -0.268. The third kappa shape index (κ3) is 10.4. The summed E-state index contributed by atoms with van der Waals surface area (Å²) < 4.78 is 76.3. The van der Waals surface area contributed by atoms with E-state index in [0.29, 0.717) is 0 Å². The molecule has 1 heterocycles. The molecule has 9 nitrogen and oxygen atoms in total. The summed E-state index contributed by atoms with van der Waals surface area (Å²) in [5, 5.41) is 12.6. The summed E-state index contributed by atoms with van der Waals surface area (Å²) in [5.41, 5.74) is -6.07. The molecule has 0 aliphatic carbocycles. The lowest BCUT2D eigenvalue weighted by Crippen LogP contribution is -2.47. The number of carbonyl (C=O) groups excluding carboxylic acids is 2. The van der Waals surface area contributed by atoms with Crippen molar-refractivity contribution in [2.24, 2.45) is 0 Å². The average Bonchev–Trinajstić information content (AvgIpc) is 2.66. The SMILES string of the molecule is CC(C)(C)OC(=O)N[C@@H](CCS(=O)(=O)CCC(O)(c1ccccn1)C(F)(F)F)C(=O)OC(C)(C)C. The Bertz CT molecular complexity index is 971. The Balaban J connectivity index is 3.00. The highest BCUT2D eigenvalue weighted by atomic mass is 32.2. The van der Waals surface area contributed by atoms with E-state index in [4.69, 9.17) is 9.47 Å². The minimum atomic E-state index is -5.19. The van der Waals surface area contributed by atoms with E-state index in [0.717, 1.165) is 12.3 Å². The van der Waals surface area contributed by atoms with Crippen LogP contribution in [0.3, 0.4) is 0 Å². The highest BCUT2D eigenvalue weighted by Gasteiger charge is 2.56. The summed E-state index contributed by atoms with van der Waals surface area (Å²) in [5.74, 6) is -2.74. The maximum absolute atomic E-state index is 13.6. The van der Waals surface area contributed by atoms with Crippen molar-refractivity contribution in [2.75, 3.05) is 11.5 Å². The minimum Gasteiger partial charge on any atom is -0.458 e. The van der Waals surface area contributed by atoms with Crippen molar-refractivity contribution in [3.8, 4) is 0 Å². The highest BCUT2D eigenvalue weighted by Crippen LogP contribution is 2.41. The lowest BCUT2D eigenvalue weighted by atomic mass is 9.95. The van der Waals surface area contributed by atoms with Crippen LogP contribution in [0.25, 0.3) is 0 Å². The van der Waals surface area contributed by atoms with Gasteiger partial charge in [0.15, 0.2) is 9.84 Å². The molecule has 0 spiro atoms. The van der Waals surface area contributed by atoms with Crippen LogP contribution in [0.5, 0.6) is 0 Å². The van der Waals surface area contributed by atoms with E-state index in [-0.39, 0.29) is 0 Å². The smallest absolute Gasteiger partial charge is 0.423 e. The number of amides is 1. The van der Waals surface area contributed by atoms with Gasteiger partial charge in [0.1, 0.15) is 17.2 Å². The Hall–Kier alpha value is -2.41. The maximum atomic E-state index is 13.6. The number of hydrogen-bond acceptors (Lipinski definition) is 8. The van der Waals surface area contributed by atoms with E-state index in [2.05, 4.69) is 10.3 Å². The minimum absolute atomic E-state index is 0.482.